The first-order valence-corrected chi connectivity index (χ1v) is 4.30. The summed E-state index contributed by atoms with van der Waals surface area (Å²) in [4.78, 5) is 10.3. The minimum atomic E-state index is -0.290. The highest BCUT2D eigenvalue weighted by Crippen LogP contribution is 2.12. The van der Waals surface area contributed by atoms with Gasteiger partial charge in [-0.3, -0.25) is 4.79 Å². The third-order valence-electron chi connectivity index (χ3n) is 1.26. The standard InChI is InChI=1S/C7H12Cl2O/c1-2-3-6(8)4-5-7(9)10/h6H,2-5H2,1H3/t6-/m0/s1. The van der Waals surface area contributed by atoms with Gasteiger partial charge in [-0.2, -0.15) is 0 Å². The van der Waals surface area contributed by atoms with Gasteiger partial charge in [0.15, 0.2) is 0 Å². The fraction of sp³-hybridized carbons (Fsp3) is 0.857. The van der Waals surface area contributed by atoms with Gasteiger partial charge in [-0.15, -0.1) is 11.6 Å². The van der Waals surface area contributed by atoms with E-state index < -0.39 is 0 Å². The average molecular weight is 183 g/mol. The van der Waals surface area contributed by atoms with Crippen molar-refractivity contribution in [1.29, 1.82) is 0 Å². The molecule has 0 aromatic heterocycles. The Labute approximate surface area is 71.7 Å². The van der Waals surface area contributed by atoms with E-state index in [0.717, 1.165) is 12.8 Å². The average Bonchev–Trinajstić information content (AvgIpc) is 1.85. The molecule has 0 aromatic rings. The number of carbonyl (C=O) groups excluding carboxylic acids is 1. The lowest BCUT2D eigenvalue weighted by molar-refractivity contribution is -0.111. The van der Waals surface area contributed by atoms with Crippen LogP contribution in [0.3, 0.4) is 0 Å². The lowest BCUT2D eigenvalue weighted by atomic mass is 10.1. The van der Waals surface area contributed by atoms with Crippen LogP contribution in [0.15, 0.2) is 0 Å². The first-order chi connectivity index (χ1) is 4.66. The summed E-state index contributed by atoms with van der Waals surface area (Å²) in [6.45, 7) is 2.07. The summed E-state index contributed by atoms with van der Waals surface area (Å²) < 4.78 is 0. The largest absolute Gasteiger partial charge is 0.281 e. The smallest absolute Gasteiger partial charge is 0.221 e. The van der Waals surface area contributed by atoms with Gasteiger partial charge in [0.1, 0.15) is 0 Å². The van der Waals surface area contributed by atoms with Crippen LogP contribution in [-0.2, 0) is 4.79 Å². The van der Waals surface area contributed by atoms with E-state index in [1.807, 2.05) is 0 Å². The van der Waals surface area contributed by atoms with E-state index in [0.29, 0.717) is 12.8 Å². The number of carbonyl (C=O) groups is 1. The van der Waals surface area contributed by atoms with Gasteiger partial charge >= 0.3 is 0 Å². The summed E-state index contributed by atoms with van der Waals surface area (Å²) in [5.41, 5.74) is 0. The van der Waals surface area contributed by atoms with E-state index in [9.17, 15) is 4.79 Å². The van der Waals surface area contributed by atoms with Crippen LogP contribution >= 0.6 is 23.2 Å². The molecule has 60 valence electrons. The second-order valence-corrected chi connectivity index (χ2v) is 3.32. The predicted octanol–water partition coefficient (Wildman–Crippen LogP) is 2.94. The second-order valence-electron chi connectivity index (χ2n) is 2.28. The molecule has 0 fully saturated rings. The van der Waals surface area contributed by atoms with Gasteiger partial charge in [-0.05, 0) is 24.4 Å². The molecule has 10 heavy (non-hydrogen) atoms. The van der Waals surface area contributed by atoms with Crippen LogP contribution in [0, 0.1) is 0 Å². The summed E-state index contributed by atoms with van der Waals surface area (Å²) in [7, 11) is 0. The van der Waals surface area contributed by atoms with E-state index in [4.69, 9.17) is 23.2 Å². The highest BCUT2D eigenvalue weighted by atomic mass is 35.5. The molecule has 0 aromatic carbocycles. The number of rotatable bonds is 5. The Morgan fingerprint density at radius 1 is 1.50 bits per heavy atom. The zero-order valence-corrected chi connectivity index (χ0v) is 7.58. The zero-order valence-electron chi connectivity index (χ0n) is 6.07. The van der Waals surface area contributed by atoms with Crippen LogP contribution in [0.5, 0.6) is 0 Å². The van der Waals surface area contributed by atoms with Crippen molar-refractivity contribution in [3.8, 4) is 0 Å². The first kappa shape index (κ1) is 10.2. The Bertz CT molecular complexity index is 104. The molecule has 0 heterocycles. The van der Waals surface area contributed by atoms with Crippen LogP contribution in [0.4, 0.5) is 0 Å². The van der Waals surface area contributed by atoms with E-state index in [-0.39, 0.29) is 10.6 Å². The van der Waals surface area contributed by atoms with Crippen molar-refractivity contribution in [3.63, 3.8) is 0 Å². The van der Waals surface area contributed by atoms with Crippen LogP contribution in [0.25, 0.3) is 0 Å². The Morgan fingerprint density at radius 2 is 2.10 bits per heavy atom. The lowest BCUT2D eigenvalue weighted by Crippen LogP contribution is -1.99. The molecule has 0 unspecified atom stereocenters. The number of alkyl halides is 1. The molecular formula is C7H12Cl2O. The third-order valence-corrected chi connectivity index (χ3v) is 1.88. The van der Waals surface area contributed by atoms with Crippen molar-refractivity contribution in [2.45, 2.75) is 38.0 Å². The van der Waals surface area contributed by atoms with Crippen molar-refractivity contribution in [1.82, 2.24) is 0 Å². The molecule has 0 spiro atoms. The highest BCUT2D eigenvalue weighted by Gasteiger charge is 2.04. The molecule has 3 heteroatoms. The molecule has 0 bridgehead atoms. The van der Waals surface area contributed by atoms with Crippen LogP contribution in [-0.4, -0.2) is 10.6 Å². The topological polar surface area (TPSA) is 17.1 Å². The third kappa shape index (κ3) is 6.37. The van der Waals surface area contributed by atoms with E-state index >= 15 is 0 Å². The van der Waals surface area contributed by atoms with Gasteiger partial charge in [0, 0.05) is 11.8 Å². The minimum absolute atomic E-state index is 0.118. The first-order valence-electron chi connectivity index (χ1n) is 3.49. The predicted molar refractivity (Wildman–Crippen MR) is 44.6 cm³/mol. The van der Waals surface area contributed by atoms with Gasteiger partial charge in [0.05, 0.1) is 0 Å². The lowest BCUT2D eigenvalue weighted by Gasteiger charge is -2.03. The molecule has 0 amide bonds. The van der Waals surface area contributed by atoms with Crippen LogP contribution in [0.2, 0.25) is 0 Å². The minimum Gasteiger partial charge on any atom is -0.281 e. The Morgan fingerprint density at radius 3 is 2.50 bits per heavy atom. The molecule has 0 aliphatic heterocycles. The number of halogens is 2. The molecule has 0 saturated heterocycles. The molecule has 0 radical (unpaired) electrons. The maximum atomic E-state index is 10.3. The maximum absolute atomic E-state index is 10.3. The van der Waals surface area contributed by atoms with Gasteiger partial charge in [-0.1, -0.05) is 13.3 Å². The molecule has 0 N–H and O–H groups in total. The normalized spacial score (nSPS) is 13.1. The molecule has 0 saturated carbocycles. The molecule has 1 nitrogen and oxygen atoms in total. The molecular weight excluding hydrogens is 171 g/mol. The van der Waals surface area contributed by atoms with Crippen LogP contribution < -0.4 is 0 Å². The zero-order chi connectivity index (χ0) is 7.98. The molecule has 1 atom stereocenters. The molecule has 0 rings (SSSR count). The fourth-order valence-corrected chi connectivity index (χ4v) is 1.16. The molecule has 0 aliphatic carbocycles. The van der Waals surface area contributed by atoms with Crippen molar-refractivity contribution >= 4 is 28.4 Å². The van der Waals surface area contributed by atoms with Gasteiger partial charge in [0.2, 0.25) is 5.24 Å². The monoisotopic (exact) mass is 182 g/mol. The SMILES string of the molecule is CCC[C@H](Cl)CCC(=O)Cl. The van der Waals surface area contributed by atoms with Crippen molar-refractivity contribution in [2.75, 3.05) is 0 Å². The number of hydrogen-bond acceptors (Lipinski definition) is 1. The van der Waals surface area contributed by atoms with E-state index in [1.54, 1.807) is 0 Å². The summed E-state index contributed by atoms with van der Waals surface area (Å²) in [5.74, 6) is 0. The van der Waals surface area contributed by atoms with Gasteiger partial charge < -0.3 is 0 Å². The maximum Gasteiger partial charge on any atom is 0.221 e. The summed E-state index contributed by atoms with van der Waals surface area (Å²) in [6, 6.07) is 0. The quantitative estimate of drug-likeness (QED) is 0.473. The Balaban J connectivity index is 3.21. The Hall–Kier alpha value is 0.250. The second kappa shape index (κ2) is 5.99. The van der Waals surface area contributed by atoms with E-state index in [1.165, 1.54) is 0 Å². The molecule has 0 aliphatic rings. The van der Waals surface area contributed by atoms with Crippen LogP contribution in [0.1, 0.15) is 32.6 Å². The van der Waals surface area contributed by atoms with Gasteiger partial charge in [-0.25, -0.2) is 0 Å². The van der Waals surface area contributed by atoms with E-state index in [2.05, 4.69) is 6.92 Å². The van der Waals surface area contributed by atoms with Gasteiger partial charge in [0.25, 0.3) is 0 Å². The summed E-state index contributed by atoms with van der Waals surface area (Å²) >= 11 is 10.9. The highest BCUT2D eigenvalue weighted by molar-refractivity contribution is 6.63. The van der Waals surface area contributed by atoms with Crippen molar-refractivity contribution in [2.24, 2.45) is 0 Å². The number of hydrogen-bond donors (Lipinski definition) is 0. The fourth-order valence-electron chi connectivity index (χ4n) is 0.728. The van der Waals surface area contributed by atoms with Crippen molar-refractivity contribution in [3.05, 3.63) is 0 Å². The Kier molecular flexibility index (Phi) is 6.14. The summed E-state index contributed by atoms with van der Waals surface area (Å²) in [6.07, 6.45) is 3.13. The summed E-state index contributed by atoms with van der Waals surface area (Å²) in [5, 5.41) is -0.172. The van der Waals surface area contributed by atoms with Crippen molar-refractivity contribution < 1.29 is 4.79 Å².